The van der Waals surface area contributed by atoms with Crippen LogP contribution in [0.2, 0.25) is 4.34 Å². The molecule has 0 atom stereocenters. The minimum absolute atomic E-state index is 0.127. The smallest absolute Gasteiger partial charge is 0.159 e. The highest BCUT2D eigenvalue weighted by Gasteiger charge is 2.10. The Morgan fingerprint density at radius 2 is 2.25 bits per heavy atom. The molecule has 0 saturated heterocycles. The van der Waals surface area contributed by atoms with Gasteiger partial charge in [0.1, 0.15) is 5.75 Å². The van der Waals surface area contributed by atoms with Crippen LogP contribution in [0, 0.1) is 5.75 Å². The average molecular weight is 224 g/mol. The summed E-state index contributed by atoms with van der Waals surface area (Å²) in [5.74, 6) is 1.38. The van der Waals surface area contributed by atoms with Crippen LogP contribution in [-0.2, 0) is 9.84 Å². The molecule has 0 aliphatic carbocycles. The zero-order valence-corrected chi connectivity index (χ0v) is 8.84. The zero-order valence-electron chi connectivity index (χ0n) is 6.45. The monoisotopic (exact) mass is 223 g/mol. The lowest BCUT2D eigenvalue weighted by Gasteiger charge is -1.95. The van der Waals surface area contributed by atoms with E-state index in [1.165, 1.54) is 17.1 Å². The maximum atomic E-state index is 11.1. The molecule has 0 aromatic carbocycles. The van der Waals surface area contributed by atoms with Gasteiger partial charge in [-0.1, -0.05) is 18.5 Å². The molecule has 0 unspecified atom stereocenters. The van der Waals surface area contributed by atoms with E-state index in [1.54, 1.807) is 19.1 Å². The van der Waals surface area contributed by atoms with Gasteiger partial charge in [-0.3, -0.25) is 0 Å². The van der Waals surface area contributed by atoms with E-state index < -0.39 is 9.84 Å². The van der Waals surface area contributed by atoms with E-state index >= 15 is 0 Å². The van der Waals surface area contributed by atoms with Crippen LogP contribution >= 0.6 is 22.9 Å². The van der Waals surface area contributed by atoms with E-state index in [-0.39, 0.29) is 5.75 Å². The Morgan fingerprint density at radius 1 is 1.58 bits per heavy atom. The molecule has 1 aromatic rings. The van der Waals surface area contributed by atoms with Crippen molar-refractivity contribution in [1.82, 2.24) is 0 Å². The lowest BCUT2D eigenvalue weighted by Crippen LogP contribution is -2.02. The quantitative estimate of drug-likeness (QED) is 0.789. The molecular weight excluding hydrogens is 216 g/mol. The molecule has 5 heteroatoms. The largest absolute Gasteiger partial charge is 0.228 e. The Morgan fingerprint density at radius 3 is 2.67 bits per heavy atom. The molecule has 67 valence electrons. The average Bonchev–Trinajstić information content (AvgIpc) is 2.35. The molecule has 0 aliphatic heterocycles. The number of halogens is 1. The second-order valence-electron chi connectivity index (χ2n) is 2.21. The van der Waals surface area contributed by atoms with Crippen LogP contribution in [0.1, 0.15) is 11.8 Å². The van der Waals surface area contributed by atoms with Crippen LogP contribution < -0.4 is 0 Å². The van der Waals surface area contributed by atoms with Gasteiger partial charge in [-0.05, 0) is 12.1 Å². The molecule has 1 heterocycles. The summed E-state index contributed by atoms with van der Waals surface area (Å²) in [6.07, 6.45) is 0. The molecule has 1 radical (unpaired) electrons. The SMILES string of the molecule is CCS(=O)(=O)[CH]c1ccc(Cl)s1. The van der Waals surface area contributed by atoms with Gasteiger partial charge >= 0.3 is 0 Å². The molecule has 0 spiro atoms. The first-order valence-electron chi connectivity index (χ1n) is 3.36. The molecule has 0 amide bonds. The van der Waals surface area contributed by atoms with Crippen molar-refractivity contribution in [2.45, 2.75) is 6.92 Å². The fourth-order valence-corrected chi connectivity index (χ4v) is 2.71. The Balaban J connectivity index is 2.77. The fourth-order valence-electron chi connectivity index (χ4n) is 0.652. The van der Waals surface area contributed by atoms with Crippen molar-refractivity contribution in [3.8, 4) is 0 Å². The minimum atomic E-state index is -3.03. The third-order valence-corrected chi connectivity index (χ3v) is 4.04. The number of rotatable bonds is 3. The molecule has 0 aliphatic rings. The number of hydrogen-bond donors (Lipinski definition) is 0. The third kappa shape index (κ3) is 2.77. The van der Waals surface area contributed by atoms with E-state index in [2.05, 4.69) is 0 Å². The van der Waals surface area contributed by atoms with Crippen molar-refractivity contribution in [1.29, 1.82) is 0 Å². The third-order valence-electron chi connectivity index (χ3n) is 1.29. The molecule has 0 bridgehead atoms. The van der Waals surface area contributed by atoms with E-state index in [1.807, 2.05) is 0 Å². The van der Waals surface area contributed by atoms with Gasteiger partial charge in [-0.15, -0.1) is 11.3 Å². The predicted octanol–water partition coefficient (Wildman–Crippen LogP) is 2.35. The molecule has 1 aromatic heterocycles. The van der Waals surface area contributed by atoms with Gasteiger partial charge in [0, 0.05) is 10.6 Å². The van der Waals surface area contributed by atoms with Crippen molar-refractivity contribution >= 4 is 32.8 Å². The summed E-state index contributed by atoms with van der Waals surface area (Å²) >= 11 is 6.90. The Hall–Kier alpha value is -0.0600. The molecule has 0 saturated carbocycles. The highest BCUT2D eigenvalue weighted by Crippen LogP contribution is 2.24. The number of hydrogen-bond acceptors (Lipinski definition) is 3. The summed E-state index contributed by atoms with van der Waals surface area (Å²) in [4.78, 5) is 0.682. The van der Waals surface area contributed by atoms with E-state index in [0.29, 0.717) is 9.21 Å². The summed E-state index contributed by atoms with van der Waals surface area (Å²) in [5, 5.41) is 0. The summed E-state index contributed by atoms with van der Waals surface area (Å²) in [5.41, 5.74) is 0. The van der Waals surface area contributed by atoms with Crippen molar-refractivity contribution < 1.29 is 8.42 Å². The van der Waals surface area contributed by atoms with Crippen LogP contribution in [0.25, 0.3) is 0 Å². The van der Waals surface area contributed by atoms with Gasteiger partial charge in [0.05, 0.1) is 4.34 Å². The van der Waals surface area contributed by atoms with Crippen LogP contribution in [-0.4, -0.2) is 14.2 Å². The van der Waals surface area contributed by atoms with E-state index in [4.69, 9.17) is 11.6 Å². The van der Waals surface area contributed by atoms with Gasteiger partial charge in [0.25, 0.3) is 0 Å². The van der Waals surface area contributed by atoms with Crippen molar-refractivity contribution in [3.63, 3.8) is 0 Å². The highest BCUT2D eigenvalue weighted by molar-refractivity contribution is 7.93. The first-order chi connectivity index (χ1) is 5.53. The van der Waals surface area contributed by atoms with Gasteiger partial charge in [-0.2, -0.15) is 0 Å². The topological polar surface area (TPSA) is 34.1 Å². The van der Waals surface area contributed by atoms with E-state index in [0.717, 1.165) is 0 Å². The van der Waals surface area contributed by atoms with Crippen LogP contribution in [0.3, 0.4) is 0 Å². The fraction of sp³-hybridized carbons (Fsp3) is 0.286. The Labute approximate surface area is 81.1 Å². The second kappa shape index (κ2) is 3.77. The maximum Gasteiger partial charge on any atom is 0.159 e. The lowest BCUT2D eigenvalue weighted by molar-refractivity contribution is 0.603. The van der Waals surface area contributed by atoms with Gasteiger partial charge in [0.15, 0.2) is 9.84 Å². The van der Waals surface area contributed by atoms with Crippen molar-refractivity contribution in [2.75, 3.05) is 5.75 Å². The molecule has 2 nitrogen and oxygen atoms in total. The van der Waals surface area contributed by atoms with Gasteiger partial charge < -0.3 is 0 Å². The van der Waals surface area contributed by atoms with Crippen molar-refractivity contribution in [2.24, 2.45) is 0 Å². The van der Waals surface area contributed by atoms with Crippen LogP contribution in [0.5, 0.6) is 0 Å². The maximum absolute atomic E-state index is 11.1. The van der Waals surface area contributed by atoms with Gasteiger partial charge in [0.2, 0.25) is 0 Å². The highest BCUT2D eigenvalue weighted by atomic mass is 35.5. The molecule has 1 rings (SSSR count). The lowest BCUT2D eigenvalue weighted by atomic mass is 10.5. The summed E-state index contributed by atoms with van der Waals surface area (Å²) < 4.78 is 22.8. The summed E-state index contributed by atoms with van der Waals surface area (Å²) in [6, 6.07) is 3.38. The van der Waals surface area contributed by atoms with E-state index in [9.17, 15) is 8.42 Å². The first-order valence-corrected chi connectivity index (χ1v) is 6.27. The Kier molecular flexibility index (Phi) is 3.15. The molecular formula is C7H8ClO2S2. The van der Waals surface area contributed by atoms with Crippen molar-refractivity contribution in [3.05, 3.63) is 27.1 Å². The van der Waals surface area contributed by atoms with Crippen LogP contribution in [0.4, 0.5) is 0 Å². The van der Waals surface area contributed by atoms with Gasteiger partial charge in [-0.25, -0.2) is 8.42 Å². The molecule has 0 fully saturated rings. The first kappa shape index (κ1) is 10.0. The normalized spacial score (nSPS) is 11.8. The molecule has 12 heavy (non-hydrogen) atoms. The number of thiophene rings is 1. The number of sulfone groups is 1. The predicted molar refractivity (Wildman–Crippen MR) is 52.2 cm³/mol. The van der Waals surface area contributed by atoms with Crippen LogP contribution in [0.15, 0.2) is 12.1 Å². The summed E-state index contributed by atoms with van der Waals surface area (Å²) in [6.45, 7) is 1.61. The standard InChI is InChI=1S/C7H8ClO2S2/c1-2-12(9,10)5-6-3-4-7(8)11-6/h3-5H,2H2,1H3. The zero-order chi connectivity index (χ0) is 9.19. The second-order valence-corrected chi connectivity index (χ2v) is 6.10. The molecule has 0 N–H and O–H groups in total. The Bertz CT molecular complexity index is 353. The summed E-state index contributed by atoms with van der Waals surface area (Å²) in [7, 11) is -3.03. The minimum Gasteiger partial charge on any atom is -0.228 e.